The molecule has 0 atom stereocenters. The smallest absolute Gasteiger partial charge is 0.330 e. The summed E-state index contributed by atoms with van der Waals surface area (Å²) in [4.78, 5) is 26.0. The van der Waals surface area contributed by atoms with Crippen LogP contribution in [0.2, 0.25) is 0 Å². The molecule has 0 unspecified atom stereocenters. The fourth-order valence-electron chi connectivity index (χ4n) is 1.94. The Morgan fingerprint density at radius 1 is 1.25 bits per heavy atom. The van der Waals surface area contributed by atoms with Crippen molar-refractivity contribution in [3.05, 3.63) is 56.7 Å². The van der Waals surface area contributed by atoms with Crippen LogP contribution in [0, 0.1) is 0 Å². The van der Waals surface area contributed by atoms with Crippen molar-refractivity contribution in [2.24, 2.45) is 0 Å². The minimum atomic E-state index is -0.509. The van der Waals surface area contributed by atoms with E-state index in [1.54, 1.807) is 0 Å². The minimum absolute atomic E-state index is 0.0427. The molecule has 1 heterocycles. The van der Waals surface area contributed by atoms with Gasteiger partial charge >= 0.3 is 5.69 Å². The molecule has 1 aromatic carbocycles. The Balaban J connectivity index is 2.48. The van der Waals surface area contributed by atoms with Crippen molar-refractivity contribution < 1.29 is 0 Å². The number of nitrogen functional groups attached to an aromatic ring is 1. The Hall–Kier alpha value is -2.50. The topological polar surface area (TPSA) is 92.9 Å². The molecular formula is C14H18N4O2. The number of nitrogens with one attached hydrogen (secondary N) is 2. The van der Waals surface area contributed by atoms with Crippen LogP contribution < -0.4 is 22.3 Å². The number of H-pyrrole nitrogens is 1. The van der Waals surface area contributed by atoms with Gasteiger partial charge in [0.1, 0.15) is 11.5 Å². The van der Waals surface area contributed by atoms with Gasteiger partial charge in [-0.2, -0.15) is 0 Å². The number of nitrogens with two attached hydrogens (primary N) is 1. The Morgan fingerprint density at radius 2 is 1.90 bits per heavy atom. The molecule has 2 aromatic rings. The predicted molar refractivity (Wildman–Crippen MR) is 80.0 cm³/mol. The summed E-state index contributed by atoms with van der Waals surface area (Å²) in [5, 5.41) is 2.97. The van der Waals surface area contributed by atoms with Crippen LogP contribution >= 0.6 is 0 Å². The zero-order chi connectivity index (χ0) is 14.7. The van der Waals surface area contributed by atoms with Crippen molar-refractivity contribution in [2.45, 2.75) is 26.4 Å². The predicted octanol–water partition coefficient (Wildman–Crippen LogP) is 0.987. The maximum Gasteiger partial charge on any atom is 0.330 e. The second-order valence-electron chi connectivity index (χ2n) is 4.89. The zero-order valence-electron chi connectivity index (χ0n) is 11.5. The monoisotopic (exact) mass is 274 g/mol. The van der Waals surface area contributed by atoms with E-state index in [0.29, 0.717) is 6.54 Å². The fourth-order valence-corrected chi connectivity index (χ4v) is 1.94. The lowest BCUT2D eigenvalue weighted by atomic mass is 10.2. The van der Waals surface area contributed by atoms with Crippen molar-refractivity contribution in [1.82, 2.24) is 9.55 Å². The molecule has 6 heteroatoms. The number of hydrogen-bond donors (Lipinski definition) is 3. The fraction of sp³-hybridized carbons (Fsp3) is 0.286. The van der Waals surface area contributed by atoms with E-state index in [1.165, 1.54) is 4.57 Å². The molecule has 106 valence electrons. The van der Waals surface area contributed by atoms with Crippen molar-refractivity contribution >= 4 is 11.5 Å². The Labute approximate surface area is 116 Å². The number of rotatable bonds is 4. The van der Waals surface area contributed by atoms with Crippen molar-refractivity contribution in [1.29, 1.82) is 0 Å². The highest BCUT2D eigenvalue weighted by atomic mass is 16.2. The third-order valence-electron chi connectivity index (χ3n) is 2.86. The summed E-state index contributed by atoms with van der Waals surface area (Å²) in [6.45, 7) is 4.10. The van der Waals surface area contributed by atoms with Crippen LogP contribution in [0.1, 0.15) is 19.4 Å². The summed E-state index contributed by atoms with van der Waals surface area (Å²) in [6, 6.07) is 9.50. The van der Waals surface area contributed by atoms with Gasteiger partial charge in [0.2, 0.25) is 0 Å². The van der Waals surface area contributed by atoms with Crippen molar-refractivity contribution in [3.8, 4) is 0 Å². The molecule has 0 saturated carbocycles. The molecule has 0 amide bonds. The van der Waals surface area contributed by atoms with E-state index >= 15 is 0 Å². The first kappa shape index (κ1) is 13.9. The second kappa shape index (κ2) is 5.64. The molecule has 0 bridgehead atoms. The van der Waals surface area contributed by atoms with E-state index in [0.717, 1.165) is 5.56 Å². The van der Waals surface area contributed by atoms with E-state index in [1.807, 2.05) is 44.2 Å². The third-order valence-corrected chi connectivity index (χ3v) is 2.86. The van der Waals surface area contributed by atoms with Gasteiger partial charge in [-0.1, -0.05) is 30.3 Å². The van der Waals surface area contributed by atoms with Gasteiger partial charge in [-0.05, 0) is 19.4 Å². The molecule has 1 aromatic heterocycles. The molecule has 0 aliphatic rings. The van der Waals surface area contributed by atoms with Crippen molar-refractivity contribution in [3.63, 3.8) is 0 Å². The number of hydrogen-bond acceptors (Lipinski definition) is 4. The van der Waals surface area contributed by atoms with Gasteiger partial charge < -0.3 is 11.1 Å². The standard InChI is InChI=1S/C14H18N4O2/c1-9(2)16-11-12(15)18(14(20)17-13(11)19)8-10-6-4-3-5-7-10/h3-7,9,16H,8,15H2,1-2H3,(H,17,19,20). The highest BCUT2D eigenvalue weighted by Crippen LogP contribution is 2.13. The molecule has 20 heavy (non-hydrogen) atoms. The quantitative estimate of drug-likeness (QED) is 0.775. The van der Waals surface area contributed by atoms with E-state index in [9.17, 15) is 9.59 Å². The number of aromatic nitrogens is 2. The lowest BCUT2D eigenvalue weighted by Crippen LogP contribution is -2.35. The van der Waals surface area contributed by atoms with Crippen molar-refractivity contribution in [2.75, 3.05) is 11.1 Å². The molecule has 0 aliphatic heterocycles. The highest BCUT2D eigenvalue weighted by molar-refractivity contribution is 5.60. The summed E-state index contributed by atoms with van der Waals surface area (Å²) in [7, 11) is 0. The summed E-state index contributed by atoms with van der Waals surface area (Å²) >= 11 is 0. The highest BCUT2D eigenvalue weighted by Gasteiger charge is 2.13. The first-order valence-corrected chi connectivity index (χ1v) is 6.42. The lowest BCUT2D eigenvalue weighted by Gasteiger charge is -2.15. The average molecular weight is 274 g/mol. The maximum atomic E-state index is 11.9. The normalized spacial score (nSPS) is 10.8. The number of aromatic amines is 1. The van der Waals surface area contributed by atoms with Crippen LogP contribution in [0.5, 0.6) is 0 Å². The van der Waals surface area contributed by atoms with Gasteiger partial charge in [0.05, 0.1) is 6.54 Å². The number of anilines is 2. The molecule has 2 rings (SSSR count). The van der Waals surface area contributed by atoms with Gasteiger partial charge in [-0.15, -0.1) is 0 Å². The molecular weight excluding hydrogens is 256 g/mol. The van der Waals surface area contributed by atoms with Gasteiger partial charge in [-0.3, -0.25) is 14.3 Å². The lowest BCUT2D eigenvalue weighted by molar-refractivity contribution is 0.730. The van der Waals surface area contributed by atoms with E-state index in [4.69, 9.17) is 5.73 Å². The molecule has 0 spiro atoms. The Bertz CT molecular complexity index is 701. The summed E-state index contributed by atoms with van der Waals surface area (Å²) in [5.74, 6) is 0.149. The van der Waals surface area contributed by atoms with Crippen LogP contribution in [-0.4, -0.2) is 15.6 Å². The van der Waals surface area contributed by atoms with Crippen LogP contribution in [0.3, 0.4) is 0 Å². The van der Waals surface area contributed by atoms with Gasteiger partial charge in [0.25, 0.3) is 5.56 Å². The minimum Gasteiger partial charge on any atom is -0.383 e. The molecule has 0 fully saturated rings. The molecule has 0 radical (unpaired) electrons. The summed E-state index contributed by atoms with van der Waals surface area (Å²) in [5.41, 5.74) is 6.12. The van der Waals surface area contributed by atoms with Crippen LogP contribution in [0.4, 0.5) is 11.5 Å². The van der Waals surface area contributed by atoms with Gasteiger partial charge in [0.15, 0.2) is 0 Å². The summed E-state index contributed by atoms with van der Waals surface area (Å²) in [6.07, 6.45) is 0. The van der Waals surface area contributed by atoms with Crippen LogP contribution in [-0.2, 0) is 6.54 Å². The Kier molecular flexibility index (Phi) is 3.93. The molecule has 0 saturated heterocycles. The first-order valence-electron chi connectivity index (χ1n) is 6.42. The second-order valence-corrected chi connectivity index (χ2v) is 4.89. The SMILES string of the molecule is CC(C)Nc1c(N)n(Cc2ccccc2)c(=O)[nH]c1=O. The Morgan fingerprint density at radius 3 is 2.50 bits per heavy atom. The number of benzene rings is 1. The third kappa shape index (κ3) is 2.90. The number of nitrogens with zero attached hydrogens (tertiary/aromatic N) is 1. The van der Waals surface area contributed by atoms with Gasteiger partial charge in [-0.25, -0.2) is 4.79 Å². The van der Waals surface area contributed by atoms with Crippen LogP contribution in [0.25, 0.3) is 0 Å². The van der Waals surface area contributed by atoms with E-state index in [2.05, 4.69) is 10.3 Å². The van der Waals surface area contributed by atoms with Gasteiger partial charge in [0, 0.05) is 6.04 Å². The van der Waals surface area contributed by atoms with Crippen LogP contribution in [0.15, 0.2) is 39.9 Å². The van der Waals surface area contributed by atoms with E-state index in [-0.39, 0.29) is 17.5 Å². The maximum absolute atomic E-state index is 11.9. The molecule has 4 N–H and O–H groups in total. The summed E-state index contributed by atoms with van der Waals surface area (Å²) < 4.78 is 1.35. The molecule has 6 nitrogen and oxygen atoms in total. The average Bonchev–Trinajstić information content (AvgIpc) is 2.40. The molecule has 0 aliphatic carbocycles. The zero-order valence-corrected chi connectivity index (χ0v) is 11.5. The largest absolute Gasteiger partial charge is 0.383 e. The first-order chi connectivity index (χ1) is 9.49. The van der Waals surface area contributed by atoms with E-state index < -0.39 is 11.2 Å².